The zero-order valence-electron chi connectivity index (χ0n) is 14.6. The lowest BCUT2D eigenvalue weighted by molar-refractivity contribution is 0.392. The van der Waals surface area contributed by atoms with Crippen molar-refractivity contribution in [3.8, 4) is 0 Å². The summed E-state index contributed by atoms with van der Waals surface area (Å²) in [7, 11) is 7.70. The van der Waals surface area contributed by atoms with Gasteiger partial charge in [0.1, 0.15) is 5.76 Å². The number of hydrogen-bond donors (Lipinski definition) is 2. The van der Waals surface area contributed by atoms with Gasteiger partial charge in [0.05, 0.1) is 24.1 Å². The smallest absolute Gasteiger partial charge is 0.204 e. The standard InChI is InChI=1S/C15H25N7O/c1-10-13(11(2)23-20-10)9-18-14(16-3)17-7-12-8-19-15(21(4)5)22(12)6/h8H,7,9H2,1-6H3,(H2,16,17,18). The minimum atomic E-state index is 0.620. The summed E-state index contributed by atoms with van der Waals surface area (Å²) in [4.78, 5) is 10.6. The van der Waals surface area contributed by atoms with Gasteiger partial charge in [-0.25, -0.2) is 4.98 Å². The molecule has 0 aromatic carbocycles. The number of rotatable bonds is 5. The molecule has 0 atom stereocenters. The fourth-order valence-corrected chi connectivity index (χ4v) is 2.33. The fraction of sp³-hybridized carbons (Fsp3) is 0.533. The number of hydrogen-bond acceptors (Lipinski definition) is 5. The average Bonchev–Trinajstić information content (AvgIpc) is 3.03. The molecule has 0 fully saturated rings. The molecule has 0 saturated carbocycles. The van der Waals surface area contributed by atoms with Gasteiger partial charge in [-0.15, -0.1) is 0 Å². The third-order valence-corrected chi connectivity index (χ3v) is 3.73. The van der Waals surface area contributed by atoms with E-state index < -0.39 is 0 Å². The van der Waals surface area contributed by atoms with Gasteiger partial charge < -0.3 is 24.6 Å². The van der Waals surface area contributed by atoms with Gasteiger partial charge in [0, 0.05) is 40.3 Å². The van der Waals surface area contributed by atoms with Crippen molar-refractivity contribution in [2.45, 2.75) is 26.9 Å². The lowest BCUT2D eigenvalue weighted by Gasteiger charge is -2.14. The molecule has 2 N–H and O–H groups in total. The van der Waals surface area contributed by atoms with Gasteiger partial charge >= 0.3 is 0 Å². The van der Waals surface area contributed by atoms with E-state index in [0.717, 1.165) is 34.6 Å². The molecule has 0 spiro atoms. The van der Waals surface area contributed by atoms with Crippen LogP contribution in [0.25, 0.3) is 0 Å². The summed E-state index contributed by atoms with van der Waals surface area (Å²) in [5, 5.41) is 10.5. The van der Waals surface area contributed by atoms with Crippen molar-refractivity contribution in [1.82, 2.24) is 25.3 Å². The van der Waals surface area contributed by atoms with Crippen molar-refractivity contribution >= 4 is 11.9 Å². The predicted molar refractivity (Wildman–Crippen MR) is 90.6 cm³/mol. The second kappa shape index (κ2) is 7.17. The molecule has 0 amide bonds. The van der Waals surface area contributed by atoms with Crippen molar-refractivity contribution in [2.24, 2.45) is 12.0 Å². The van der Waals surface area contributed by atoms with Gasteiger partial charge in [0.15, 0.2) is 5.96 Å². The van der Waals surface area contributed by atoms with E-state index in [0.29, 0.717) is 13.1 Å². The molecule has 0 bridgehead atoms. The minimum Gasteiger partial charge on any atom is -0.361 e. The van der Waals surface area contributed by atoms with Crippen LogP contribution < -0.4 is 15.5 Å². The van der Waals surface area contributed by atoms with Crippen LogP contribution in [0, 0.1) is 13.8 Å². The number of nitrogens with zero attached hydrogens (tertiary/aromatic N) is 5. The van der Waals surface area contributed by atoms with Gasteiger partial charge in [0.25, 0.3) is 0 Å². The van der Waals surface area contributed by atoms with Crippen LogP contribution in [0.3, 0.4) is 0 Å². The first-order valence-electron chi connectivity index (χ1n) is 7.48. The third kappa shape index (κ3) is 3.82. The van der Waals surface area contributed by atoms with Crippen molar-refractivity contribution < 1.29 is 4.52 Å². The summed E-state index contributed by atoms with van der Waals surface area (Å²) in [5.41, 5.74) is 3.03. The van der Waals surface area contributed by atoms with Crippen LogP contribution in [-0.2, 0) is 20.1 Å². The summed E-state index contributed by atoms with van der Waals surface area (Å²) in [6, 6.07) is 0. The van der Waals surface area contributed by atoms with E-state index >= 15 is 0 Å². The van der Waals surface area contributed by atoms with E-state index in [1.807, 2.05) is 46.1 Å². The summed E-state index contributed by atoms with van der Waals surface area (Å²) in [6.07, 6.45) is 1.86. The molecule has 0 aliphatic rings. The Labute approximate surface area is 136 Å². The number of nitrogens with one attached hydrogen (secondary N) is 2. The van der Waals surface area contributed by atoms with Crippen LogP contribution in [0.5, 0.6) is 0 Å². The van der Waals surface area contributed by atoms with E-state index in [2.05, 4.69) is 30.3 Å². The normalized spacial score (nSPS) is 11.7. The Bertz CT molecular complexity index is 665. The molecule has 2 heterocycles. The van der Waals surface area contributed by atoms with Gasteiger partial charge in [-0.3, -0.25) is 4.99 Å². The van der Waals surface area contributed by atoms with Crippen LogP contribution in [0.2, 0.25) is 0 Å². The van der Waals surface area contributed by atoms with E-state index in [4.69, 9.17) is 4.52 Å². The number of guanidine groups is 1. The Balaban J connectivity index is 1.93. The molecule has 126 valence electrons. The molecule has 0 radical (unpaired) electrons. The number of aromatic nitrogens is 3. The highest BCUT2D eigenvalue weighted by atomic mass is 16.5. The lowest BCUT2D eigenvalue weighted by Crippen LogP contribution is -2.37. The highest BCUT2D eigenvalue weighted by Crippen LogP contribution is 2.12. The first-order valence-corrected chi connectivity index (χ1v) is 7.48. The molecule has 0 unspecified atom stereocenters. The first-order chi connectivity index (χ1) is 10.9. The molecule has 0 saturated heterocycles. The molecular formula is C15H25N7O. The van der Waals surface area contributed by atoms with Crippen molar-refractivity contribution in [3.05, 3.63) is 28.9 Å². The Kier molecular flexibility index (Phi) is 5.25. The third-order valence-electron chi connectivity index (χ3n) is 3.73. The summed E-state index contributed by atoms with van der Waals surface area (Å²) < 4.78 is 7.22. The summed E-state index contributed by atoms with van der Waals surface area (Å²) in [5.74, 6) is 2.46. The van der Waals surface area contributed by atoms with E-state index in [9.17, 15) is 0 Å². The van der Waals surface area contributed by atoms with Gasteiger partial charge in [-0.1, -0.05) is 5.16 Å². The second-order valence-corrected chi connectivity index (χ2v) is 5.59. The molecule has 2 aromatic heterocycles. The number of anilines is 1. The van der Waals surface area contributed by atoms with Crippen molar-refractivity contribution in [2.75, 3.05) is 26.0 Å². The number of aliphatic imine (C=N–C) groups is 1. The van der Waals surface area contributed by atoms with Gasteiger partial charge in [0.2, 0.25) is 5.95 Å². The first kappa shape index (κ1) is 16.9. The molecule has 2 aromatic rings. The quantitative estimate of drug-likeness (QED) is 0.631. The zero-order valence-corrected chi connectivity index (χ0v) is 14.6. The maximum Gasteiger partial charge on any atom is 0.204 e. The summed E-state index contributed by atoms with van der Waals surface area (Å²) >= 11 is 0. The number of imidazole rings is 1. The average molecular weight is 319 g/mol. The van der Waals surface area contributed by atoms with Gasteiger partial charge in [-0.05, 0) is 13.8 Å². The SMILES string of the molecule is CN=C(NCc1c(C)noc1C)NCc1cnc(N(C)C)n1C. The van der Waals surface area contributed by atoms with Crippen molar-refractivity contribution in [1.29, 1.82) is 0 Å². The van der Waals surface area contributed by atoms with E-state index in [1.165, 1.54) is 0 Å². The lowest BCUT2D eigenvalue weighted by atomic mass is 10.2. The number of aryl methyl sites for hydroxylation is 2. The van der Waals surface area contributed by atoms with Gasteiger partial charge in [-0.2, -0.15) is 0 Å². The molecule has 8 heteroatoms. The Morgan fingerprint density at radius 2 is 2.00 bits per heavy atom. The largest absolute Gasteiger partial charge is 0.361 e. The Morgan fingerprint density at radius 3 is 2.52 bits per heavy atom. The molecule has 0 aliphatic heterocycles. The second-order valence-electron chi connectivity index (χ2n) is 5.59. The monoisotopic (exact) mass is 319 g/mol. The van der Waals surface area contributed by atoms with Crippen molar-refractivity contribution in [3.63, 3.8) is 0 Å². The molecule has 0 aliphatic carbocycles. The maximum atomic E-state index is 5.16. The highest BCUT2D eigenvalue weighted by Gasteiger charge is 2.11. The Hall–Kier alpha value is -2.51. The van der Waals surface area contributed by atoms with E-state index in [-0.39, 0.29) is 0 Å². The molecule has 8 nitrogen and oxygen atoms in total. The van der Waals surface area contributed by atoms with Crippen LogP contribution >= 0.6 is 0 Å². The topological polar surface area (TPSA) is 83.5 Å². The van der Waals surface area contributed by atoms with Crippen LogP contribution in [0.1, 0.15) is 22.7 Å². The zero-order chi connectivity index (χ0) is 17.0. The summed E-state index contributed by atoms with van der Waals surface area (Å²) in [6.45, 7) is 5.10. The predicted octanol–water partition coefficient (Wildman–Crippen LogP) is 0.956. The molecule has 2 rings (SSSR count). The molecular weight excluding hydrogens is 294 g/mol. The van der Waals surface area contributed by atoms with Crippen LogP contribution in [0.15, 0.2) is 15.7 Å². The van der Waals surface area contributed by atoms with Crippen LogP contribution in [-0.4, -0.2) is 41.8 Å². The van der Waals surface area contributed by atoms with Crippen LogP contribution in [0.4, 0.5) is 5.95 Å². The molecule has 23 heavy (non-hydrogen) atoms. The highest BCUT2D eigenvalue weighted by molar-refractivity contribution is 5.79. The Morgan fingerprint density at radius 1 is 1.30 bits per heavy atom. The fourth-order valence-electron chi connectivity index (χ4n) is 2.33. The van der Waals surface area contributed by atoms with E-state index in [1.54, 1.807) is 7.05 Å². The maximum absolute atomic E-state index is 5.16. The minimum absolute atomic E-state index is 0.620.